The Kier molecular flexibility index (Phi) is 4.55. The molecule has 15 heavy (non-hydrogen) atoms. The number of ether oxygens (including phenoxy) is 1. The molecule has 90 valence electrons. The number of sulfonamides is 1. The Morgan fingerprint density at radius 2 is 1.80 bits per heavy atom. The summed E-state index contributed by atoms with van der Waals surface area (Å²) in [6, 6.07) is 0. The van der Waals surface area contributed by atoms with E-state index >= 15 is 0 Å². The van der Waals surface area contributed by atoms with Crippen LogP contribution in [0, 0.1) is 0 Å². The Hall–Kier alpha value is -0.130. The third kappa shape index (κ3) is 3.74. The van der Waals surface area contributed by atoms with Gasteiger partial charge in [-0.3, -0.25) is 0 Å². The number of hydrogen-bond donors (Lipinski definition) is 0. The summed E-state index contributed by atoms with van der Waals surface area (Å²) in [6.07, 6.45) is 1.66. The molecule has 0 saturated carbocycles. The standard InChI is InChI=1S/C10H21NO3S/c1-4-5-6-15(12,13)11-7-9(2)14-10(3)8-11/h9-10H,4-8H2,1-3H3/t9-,10-/m1/s1. The molecule has 1 saturated heterocycles. The predicted molar refractivity (Wildman–Crippen MR) is 60.3 cm³/mol. The lowest BCUT2D eigenvalue weighted by molar-refractivity contribution is -0.0440. The molecule has 1 rings (SSSR count). The van der Waals surface area contributed by atoms with E-state index in [1.165, 1.54) is 0 Å². The summed E-state index contributed by atoms with van der Waals surface area (Å²) in [5.41, 5.74) is 0. The van der Waals surface area contributed by atoms with Gasteiger partial charge in [-0.2, -0.15) is 4.31 Å². The smallest absolute Gasteiger partial charge is 0.214 e. The van der Waals surface area contributed by atoms with Crippen LogP contribution in [-0.2, 0) is 14.8 Å². The summed E-state index contributed by atoms with van der Waals surface area (Å²) in [5, 5.41) is 0. The van der Waals surface area contributed by atoms with Crippen molar-refractivity contribution in [1.82, 2.24) is 4.31 Å². The van der Waals surface area contributed by atoms with Crippen LogP contribution in [0.15, 0.2) is 0 Å². The van der Waals surface area contributed by atoms with E-state index in [4.69, 9.17) is 4.74 Å². The Bertz CT molecular complexity index is 279. The molecule has 0 amide bonds. The first-order chi connectivity index (χ1) is 6.95. The Balaban J connectivity index is 2.61. The lowest BCUT2D eigenvalue weighted by Crippen LogP contribution is -2.48. The van der Waals surface area contributed by atoms with Crippen LogP contribution >= 0.6 is 0 Å². The highest BCUT2D eigenvalue weighted by atomic mass is 32.2. The van der Waals surface area contributed by atoms with E-state index in [1.807, 2.05) is 20.8 Å². The predicted octanol–water partition coefficient (Wildman–Crippen LogP) is 1.23. The van der Waals surface area contributed by atoms with Crippen molar-refractivity contribution in [1.29, 1.82) is 0 Å². The van der Waals surface area contributed by atoms with E-state index in [0.29, 0.717) is 13.1 Å². The molecule has 0 bridgehead atoms. The topological polar surface area (TPSA) is 46.6 Å². The van der Waals surface area contributed by atoms with Gasteiger partial charge in [0.2, 0.25) is 10.0 Å². The van der Waals surface area contributed by atoms with Crippen molar-refractivity contribution in [2.75, 3.05) is 18.8 Å². The van der Waals surface area contributed by atoms with Crippen LogP contribution < -0.4 is 0 Å². The molecule has 0 aromatic carbocycles. The zero-order valence-corrected chi connectivity index (χ0v) is 10.6. The van der Waals surface area contributed by atoms with Gasteiger partial charge in [-0.25, -0.2) is 8.42 Å². The normalized spacial score (nSPS) is 29.3. The molecule has 0 aliphatic carbocycles. The zero-order chi connectivity index (χ0) is 11.5. The molecule has 5 heteroatoms. The van der Waals surface area contributed by atoms with Gasteiger partial charge in [0, 0.05) is 13.1 Å². The van der Waals surface area contributed by atoms with Gasteiger partial charge in [0.15, 0.2) is 0 Å². The van der Waals surface area contributed by atoms with Gasteiger partial charge in [-0.1, -0.05) is 13.3 Å². The highest BCUT2D eigenvalue weighted by Crippen LogP contribution is 2.15. The Morgan fingerprint density at radius 3 is 2.27 bits per heavy atom. The van der Waals surface area contributed by atoms with Crippen molar-refractivity contribution in [3.63, 3.8) is 0 Å². The highest BCUT2D eigenvalue weighted by molar-refractivity contribution is 7.89. The first-order valence-electron chi connectivity index (χ1n) is 5.59. The average Bonchev–Trinajstić information content (AvgIpc) is 2.13. The van der Waals surface area contributed by atoms with Crippen molar-refractivity contribution < 1.29 is 13.2 Å². The summed E-state index contributed by atoms with van der Waals surface area (Å²) in [6.45, 7) is 6.82. The van der Waals surface area contributed by atoms with Crippen molar-refractivity contribution in [3.8, 4) is 0 Å². The molecule has 1 heterocycles. The van der Waals surface area contributed by atoms with Crippen molar-refractivity contribution in [2.45, 2.75) is 45.8 Å². The monoisotopic (exact) mass is 235 g/mol. The van der Waals surface area contributed by atoms with Gasteiger partial charge < -0.3 is 4.74 Å². The summed E-state index contributed by atoms with van der Waals surface area (Å²) >= 11 is 0. The summed E-state index contributed by atoms with van der Waals surface area (Å²) in [4.78, 5) is 0. The van der Waals surface area contributed by atoms with E-state index in [0.717, 1.165) is 12.8 Å². The largest absolute Gasteiger partial charge is 0.373 e. The SMILES string of the molecule is CCCCS(=O)(=O)N1C[C@@H](C)O[C@H](C)C1. The van der Waals surface area contributed by atoms with Crippen molar-refractivity contribution in [3.05, 3.63) is 0 Å². The van der Waals surface area contributed by atoms with Crippen LogP contribution in [0.2, 0.25) is 0 Å². The number of nitrogens with zero attached hydrogens (tertiary/aromatic N) is 1. The summed E-state index contributed by atoms with van der Waals surface area (Å²) < 4.78 is 30.9. The number of hydrogen-bond acceptors (Lipinski definition) is 3. The number of unbranched alkanes of at least 4 members (excludes halogenated alkanes) is 1. The van der Waals surface area contributed by atoms with Gasteiger partial charge in [0.05, 0.1) is 18.0 Å². The molecule has 0 radical (unpaired) electrons. The molecular weight excluding hydrogens is 214 g/mol. The molecule has 0 aromatic heterocycles. The number of morpholine rings is 1. The summed E-state index contributed by atoms with van der Waals surface area (Å²) in [7, 11) is -3.06. The second kappa shape index (κ2) is 5.27. The lowest BCUT2D eigenvalue weighted by atomic mass is 10.3. The third-order valence-electron chi connectivity index (χ3n) is 2.54. The maximum Gasteiger partial charge on any atom is 0.214 e. The maximum atomic E-state index is 11.9. The van der Waals surface area contributed by atoms with Crippen LogP contribution in [0.25, 0.3) is 0 Å². The van der Waals surface area contributed by atoms with Gasteiger partial charge in [0.25, 0.3) is 0 Å². The minimum absolute atomic E-state index is 0.00477. The molecule has 0 aromatic rings. The molecule has 0 spiro atoms. The van der Waals surface area contributed by atoms with Crippen molar-refractivity contribution >= 4 is 10.0 Å². The van der Waals surface area contributed by atoms with Gasteiger partial charge in [-0.05, 0) is 20.3 Å². The van der Waals surface area contributed by atoms with E-state index in [2.05, 4.69) is 0 Å². The zero-order valence-electron chi connectivity index (χ0n) is 9.77. The van der Waals surface area contributed by atoms with Gasteiger partial charge in [-0.15, -0.1) is 0 Å². The van der Waals surface area contributed by atoms with Crippen LogP contribution in [-0.4, -0.2) is 43.8 Å². The van der Waals surface area contributed by atoms with Crippen molar-refractivity contribution in [2.24, 2.45) is 0 Å². The quantitative estimate of drug-likeness (QED) is 0.736. The fourth-order valence-electron chi connectivity index (χ4n) is 1.81. The second-order valence-electron chi connectivity index (χ2n) is 4.24. The van der Waals surface area contributed by atoms with Crippen LogP contribution in [0.3, 0.4) is 0 Å². The molecule has 0 unspecified atom stereocenters. The minimum Gasteiger partial charge on any atom is -0.373 e. The third-order valence-corrected chi connectivity index (χ3v) is 4.42. The van der Waals surface area contributed by atoms with Crippen LogP contribution in [0.1, 0.15) is 33.6 Å². The molecule has 0 N–H and O–H groups in total. The molecule has 4 nitrogen and oxygen atoms in total. The molecule has 1 fully saturated rings. The minimum atomic E-state index is -3.06. The van der Waals surface area contributed by atoms with Crippen LogP contribution in [0.4, 0.5) is 0 Å². The molecule has 2 atom stereocenters. The molecule has 1 aliphatic rings. The summed E-state index contributed by atoms with van der Waals surface area (Å²) in [5.74, 6) is 0.267. The highest BCUT2D eigenvalue weighted by Gasteiger charge is 2.30. The lowest BCUT2D eigenvalue weighted by Gasteiger charge is -2.34. The van der Waals surface area contributed by atoms with Gasteiger partial charge >= 0.3 is 0 Å². The maximum absolute atomic E-state index is 11.9. The fourth-order valence-corrected chi connectivity index (χ4v) is 3.60. The van der Waals surface area contributed by atoms with E-state index < -0.39 is 10.0 Å². The van der Waals surface area contributed by atoms with E-state index in [-0.39, 0.29) is 18.0 Å². The first kappa shape index (κ1) is 12.9. The average molecular weight is 235 g/mol. The fraction of sp³-hybridized carbons (Fsp3) is 1.00. The Morgan fingerprint density at radius 1 is 1.27 bits per heavy atom. The molecule has 1 aliphatic heterocycles. The van der Waals surface area contributed by atoms with E-state index in [9.17, 15) is 8.42 Å². The second-order valence-corrected chi connectivity index (χ2v) is 6.33. The van der Waals surface area contributed by atoms with Gasteiger partial charge in [0.1, 0.15) is 0 Å². The Labute approximate surface area is 92.7 Å². The van der Waals surface area contributed by atoms with Crippen LogP contribution in [0.5, 0.6) is 0 Å². The van der Waals surface area contributed by atoms with E-state index in [1.54, 1.807) is 4.31 Å². The molecular formula is C10H21NO3S. The number of rotatable bonds is 4. The first-order valence-corrected chi connectivity index (χ1v) is 7.20.